The fourth-order valence-corrected chi connectivity index (χ4v) is 3.83. The number of carbonyl (C=O) groups is 1. The summed E-state index contributed by atoms with van der Waals surface area (Å²) in [5.41, 5.74) is 2.31. The lowest BCUT2D eigenvalue weighted by atomic mass is 10.00. The average molecular weight is 353 g/mol. The highest BCUT2D eigenvalue weighted by atomic mass is 35.5. The second-order valence-electron chi connectivity index (χ2n) is 7.36. The molecule has 2 atom stereocenters. The van der Waals surface area contributed by atoms with E-state index >= 15 is 0 Å². The summed E-state index contributed by atoms with van der Waals surface area (Å²) < 4.78 is 5.82. The van der Waals surface area contributed by atoms with Gasteiger partial charge in [0.25, 0.3) is 5.91 Å². The molecule has 5 heteroatoms. The Labute approximate surface area is 151 Å². The van der Waals surface area contributed by atoms with E-state index in [0.717, 1.165) is 29.7 Å². The van der Waals surface area contributed by atoms with Crippen molar-refractivity contribution >= 4 is 18.3 Å². The highest BCUT2D eigenvalue weighted by Gasteiger charge is 2.33. The second-order valence-corrected chi connectivity index (χ2v) is 7.36. The average Bonchev–Trinajstić information content (AvgIpc) is 2.84. The van der Waals surface area contributed by atoms with Crippen LogP contribution in [0.15, 0.2) is 18.2 Å². The Morgan fingerprint density at radius 1 is 1.29 bits per heavy atom. The van der Waals surface area contributed by atoms with Crippen LogP contribution in [0.2, 0.25) is 0 Å². The maximum Gasteiger partial charge on any atom is 0.258 e. The molecule has 2 aliphatic heterocycles. The SMILES string of the molecule is Cc1ccc(C(C)C)c(OCC(=O)NC2CC3CCC(C2)N3)c1.Cl. The lowest BCUT2D eigenvalue weighted by molar-refractivity contribution is -0.124. The van der Waals surface area contributed by atoms with Crippen molar-refractivity contribution in [3.63, 3.8) is 0 Å². The van der Waals surface area contributed by atoms with Crippen LogP contribution >= 0.6 is 12.4 Å². The van der Waals surface area contributed by atoms with Crippen molar-refractivity contribution in [3.8, 4) is 5.75 Å². The molecule has 2 aliphatic rings. The summed E-state index contributed by atoms with van der Waals surface area (Å²) in [6, 6.07) is 7.68. The van der Waals surface area contributed by atoms with Crippen molar-refractivity contribution in [2.24, 2.45) is 0 Å². The summed E-state index contributed by atoms with van der Waals surface area (Å²) in [6.07, 6.45) is 4.58. The minimum Gasteiger partial charge on any atom is -0.483 e. The van der Waals surface area contributed by atoms with Crippen LogP contribution in [0.4, 0.5) is 0 Å². The van der Waals surface area contributed by atoms with Gasteiger partial charge in [0.05, 0.1) is 0 Å². The third-order valence-electron chi connectivity index (χ3n) is 4.99. The standard InChI is InChI=1S/C19H28N2O2.ClH/c1-12(2)17-7-4-13(3)8-18(17)23-11-19(22)21-16-9-14-5-6-15(10-16)20-14;/h4,7-8,12,14-16,20H,5-6,9-11H2,1-3H3,(H,21,22);1H. The number of benzene rings is 1. The van der Waals surface area contributed by atoms with E-state index in [2.05, 4.69) is 36.6 Å². The van der Waals surface area contributed by atoms with Gasteiger partial charge in [-0.3, -0.25) is 4.79 Å². The zero-order chi connectivity index (χ0) is 16.4. The van der Waals surface area contributed by atoms with Gasteiger partial charge in [0, 0.05) is 18.1 Å². The number of aryl methyl sites for hydroxylation is 1. The molecule has 3 rings (SSSR count). The van der Waals surface area contributed by atoms with E-state index in [1.807, 2.05) is 13.0 Å². The van der Waals surface area contributed by atoms with Gasteiger partial charge in [0.1, 0.15) is 5.75 Å². The Morgan fingerprint density at radius 3 is 2.58 bits per heavy atom. The first kappa shape index (κ1) is 19.1. The van der Waals surface area contributed by atoms with Crippen LogP contribution in [-0.4, -0.2) is 30.6 Å². The van der Waals surface area contributed by atoms with Crippen molar-refractivity contribution < 1.29 is 9.53 Å². The molecule has 1 amide bonds. The van der Waals surface area contributed by atoms with Crippen LogP contribution in [0.3, 0.4) is 0 Å². The Bertz CT molecular complexity index is 564. The largest absolute Gasteiger partial charge is 0.483 e. The Hall–Kier alpha value is -1.26. The molecule has 0 aliphatic carbocycles. The number of nitrogens with one attached hydrogen (secondary N) is 2. The number of carbonyl (C=O) groups excluding carboxylic acids is 1. The predicted molar refractivity (Wildman–Crippen MR) is 99.1 cm³/mol. The van der Waals surface area contributed by atoms with Crippen molar-refractivity contribution in [2.75, 3.05) is 6.61 Å². The van der Waals surface area contributed by atoms with Gasteiger partial charge in [-0.15, -0.1) is 12.4 Å². The van der Waals surface area contributed by atoms with Crippen LogP contribution in [-0.2, 0) is 4.79 Å². The van der Waals surface area contributed by atoms with Gasteiger partial charge in [-0.05, 0) is 55.7 Å². The van der Waals surface area contributed by atoms with Crippen LogP contribution < -0.4 is 15.4 Å². The van der Waals surface area contributed by atoms with Crippen LogP contribution in [0.5, 0.6) is 5.75 Å². The van der Waals surface area contributed by atoms with E-state index in [1.54, 1.807) is 0 Å². The molecule has 2 saturated heterocycles. The first-order valence-electron chi connectivity index (χ1n) is 8.80. The molecule has 24 heavy (non-hydrogen) atoms. The van der Waals surface area contributed by atoms with Gasteiger partial charge in [0.15, 0.2) is 6.61 Å². The highest BCUT2D eigenvalue weighted by Crippen LogP contribution is 2.28. The molecule has 2 heterocycles. The normalized spacial score (nSPS) is 25.2. The van der Waals surface area contributed by atoms with Crippen LogP contribution in [0, 0.1) is 6.92 Å². The molecule has 2 unspecified atom stereocenters. The lowest BCUT2D eigenvalue weighted by Crippen LogP contribution is -2.49. The molecule has 1 aromatic rings. The second kappa shape index (κ2) is 8.21. The molecule has 0 radical (unpaired) electrons. The van der Waals surface area contributed by atoms with Gasteiger partial charge in [-0.25, -0.2) is 0 Å². The summed E-state index contributed by atoms with van der Waals surface area (Å²) in [5.74, 6) is 1.21. The summed E-state index contributed by atoms with van der Waals surface area (Å²) in [5, 5.41) is 6.74. The van der Waals surface area contributed by atoms with Crippen molar-refractivity contribution in [1.82, 2.24) is 10.6 Å². The molecular weight excluding hydrogens is 324 g/mol. The van der Waals surface area contributed by atoms with Crippen molar-refractivity contribution in [3.05, 3.63) is 29.3 Å². The number of hydrogen-bond acceptors (Lipinski definition) is 3. The first-order chi connectivity index (χ1) is 11.0. The minimum atomic E-state index is -0.00693. The van der Waals surface area contributed by atoms with E-state index in [9.17, 15) is 4.79 Å². The van der Waals surface area contributed by atoms with Crippen LogP contribution in [0.1, 0.15) is 56.6 Å². The van der Waals surface area contributed by atoms with E-state index in [4.69, 9.17) is 4.74 Å². The van der Waals surface area contributed by atoms with E-state index in [1.165, 1.54) is 12.8 Å². The fraction of sp³-hybridized carbons (Fsp3) is 0.632. The first-order valence-corrected chi connectivity index (χ1v) is 8.80. The van der Waals surface area contributed by atoms with Gasteiger partial charge < -0.3 is 15.4 Å². The zero-order valence-electron chi connectivity index (χ0n) is 14.8. The minimum absolute atomic E-state index is 0. The summed E-state index contributed by atoms with van der Waals surface area (Å²) in [6.45, 7) is 6.43. The molecule has 2 N–H and O–H groups in total. The molecule has 4 nitrogen and oxygen atoms in total. The summed E-state index contributed by atoms with van der Waals surface area (Å²) >= 11 is 0. The Morgan fingerprint density at radius 2 is 1.96 bits per heavy atom. The zero-order valence-corrected chi connectivity index (χ0v) is 15.6. The molecule has 0 aromatic heterocycles. The maximum atomic E-state index is 12.2. The Kier molecular flexibility index (Phi) is 6.53. The molecule has 2 bridgehead atoms. The quantitative estimate of drug-likeness (QED) is 0.854. The predicted octanol–water partition coefficient (Wildman–Crippen LogP) is 3.32. The number of fused-ring (bicyclic) bond motifs is 2. The number of piperidine rings is 1. The van der Waals surface area contributed by atoms with E-state index < -0.39 is 0 Å². The lowest BCUT2D eigenvalue weighted by Gasteiger charge is -2.29. The number of hydrogen-bond donors (Lipinski definition) is 2. The molecule has 0 spiro atoms. The Balaban J connectivity index is 0.00000208. The van der Waals surface area contributed by atoms with E-state index in [0.29, 0.717) is 24.0 Å². The third-order valence-corrected chi connectivity index (χ3v) is 4.99. The molecular formula is C19H29ClN2O2. The number of rotatable bonds is 5. The van der Waals surface area contributed by atoms with Crippen molar-refractivity contribution in [2.45, 2.75) is 70.5 Å². The molecule has 0 saturated carbocycles. The molecule has 134 valence electrons. The van der Waals surface area contributed by atoms with Gasteiger partial charge in [0.2, 0.25) is 0 Å². The van der Waals surface area contributed by atoms with Gasteiger partial charge in [-0.2, -0.15) is 0 Å². The third kappa shape index (κ3) is 4.64. The van der Waals surface area contributed by atoms with Crippen molar-refractivity contribution in [1.29, 1.82) is 0 Å². The topological polar surface area (TPSA) is 50.4 Å². The fourth-order valence-electron chi connectivity index (χ4n) is 3.83. The molecule has 1 aromatic carbocycles. The summed E-state index contributed by atoms with van der Waals surface area (Å²) in [7, 11) is 0. The number of amides is 1. The number of halogens is 1. The van der Waals surface area contributed by atoms with E-state index in [-0.39, 0.29) is 24.9 Å². The van der Waals surface area contributed by atoms with Gasteiger partial charge >= 0.3 is 0 Å². The number of ether oxygens (including phenoxy) is 1. The molecule has 2 fully saturated rings. The maximum absolute atomic E-state index is 12.2. The monoisotopic (exact) mass is 352 g/mol. The smallest absolute Gasteiger partial charge is 0.258 e. The highest BCUT2D eigenvalue weighted by molar-refractivity contribution is 5.85. The van der Waals surface area contributed by atoms with Crippen LogP contribution in [0.25, 0.3) is 0 Å². The summed E-state index contributed by atoms with van der Waals surface area (Å²) in [4.78, 5) is 12.2. The van der Waals surface area contributed by atoms with Gasteiger partial charge in [-0.1, -0.05) is 26.0 Å².